The van der Waals surface area contributed by atoms with Gasteiger partial charge in [-0.3, -0.25) is 4.99 Å². The Bertz CT molecular complexity index is 751. The molecule has 0 spiro atoms. The summed E-state index contributed by atoms with van der Waals surface area (Å²) in [6.45, 7) is 5.63. The molecular weight excluding hydrogens is 341 g/mol. The Morgan fingerprint density at radius 1 is 1.15 bits per heavy atom. The van der Waals surface area contributed by atoms with Gasteiger partial charge in [-0.15, -0.1) is 0 Å². The highest BCUT2D eigenvalue weighted by Gasteiger charge is 2.16. The van der Waals surface area contributed by atoms with Crippen molar-refractivity contribution in [2.45, 2.75) is 32.9 Å². The van der Waals surface area contributed by atoms with Gasteiger partial charge in [-0.2, -0.15) is 0 Å². The number of hydrogen-bond acceptors (Lipinski definition) is 3. The first kappa shape index (κ1) is 19.1. The summed E-state index contributed by atoms with van der Waals surface area (Å²) in [7, 11) is 1.72. The molecule has 5 nitrogen and oxygen atoms in total. The smallest absolute Gasteiger partial charge is 0.191 e. The molecule has 6 heteroatoms. The number of piperidine rings is 1. The molecule has 0 aliphatic carbocycles. The van der Waals surface area contributed by atoms with Crippen LogP contribution in [0.1, 0.15) is 30.9 Å². The van der Waals surface area contributed by atoms with Gasteiger partial charge in [-0.05, 0) is 48.1 Å². The van der Waals surface area contributed by atoms with Crippen LogP contribution in [0.2, 0.25) is 0 Å². The van der Waals surface area contributed by atoms with Gasteiger partial charge in [-0.25, -0.2) is 9.37 Å². The van der Waals surface area contributed by atoms with Crippen LogP contribution in [0.5, 0.6) is 0 Å². The van der Waals surface area contributed by atoms with E-state index in [4.69, 9.17) is 0 Å². The molecule has 27 heavy (non-hydrogen) atoms. The van der Waals surface area contributed by atoms with Crippen molar-refractivity contribution in [1.82, 2.24) is 15.6 Å². The van der Waals surface area contributed by atoms with Gasteiger partial charge in [-0.1, -0.05) is 25.1 Å². The van der Waals surface area contributed by atoms with E-state index in [0.717, 1.165) is 36.0 Å². The standard InChI is InChI=1S/C21H28FN5/c1-16-8-10-27(11-9-16)20-7-6-18(14-24-20)15-26-21(23-2)25-13-17-4-3-5-19(22)12-17/h3-7,12,14,16H,8-11,13,15H2,1-2H3,(H2,23,25,26). The second-order valence-corrected chi connectivity index (χ2v) is 7.10. The van der Waals surface area contributed by atoms with Crippen LogP contribution in [0.25, 0.3) is 0 Å². The predicted molar refractivity (Wildman–Crippen MR) is 108 cm³/mol. The topological polar surface area (TPSA) is 52.6 Å². The molecule has 1 aromatic carbocycles. The largest absolute Gasteiger partial charge is 0.357 e. The third-order valence-corrected chi connectivity index (χ3v) is 4.95. The van der Waals surface area contributed by atoms with Crippen LogP contribution < -0.4 is 15.5 Å². The van der Waals surface area contributed by atoms with Crippen molar-refractivity contribution >= 4 is 11.8 Å². The van der Waals surface area contributed by atoms with E-state index in [1.165, 1.54) is 25.0 Å². The maximum Gasteiger partial charge on any atom is 0.191 e. The Hall–Kier alpha value is -2.63. The quantitative estimate of drug-likeness (QED) is 0.627. The molecule has 0 saturated carbocycles. The number of benzene rings is 1. The van der Waals surface area contributed by atoms with E-state index in [0.29, 0.717) is 19.0 Å². The molecule has 1 aromatic heterocycles. The minimum absolute atomic E-state index is 0.230. The summed E-state index contributed by atoms with van der Waals surface area (Å²) >= 11 is 0. The summed E-state index contributed by atoms with van der Waals surface area (Å²) in [5, 5.41) is 6.46. The second-order valence-electron chi connectivity index (χ2n) is 7.10. The van der Waals surface area contributed by atoms with Gasteiger partial charge in [0.05, 0.1) is 0 Å². The molecular formula is C21H28FN5. The molecule has 0 radical (unpaired) electrons. The summed E-state index contributed by atoms with van der Waals surface area (Å²) in [6.07, 6.45) is 4.39. The maximum absolute atomic E-state index is 13.2. The molecule has 1 fully saturated rings. The molecule has 0 amide bonds. The van der Waals surface area contributed by atoms with Gasteiger partial charge in [0.2, 0.25) is 0 Å². The second kappa shape index (κ2) is 9.35. The van der Waals surface area contributed by atoms with E-state index in [1.807, 2.05) is 12.3 Å². The minimum atomic E-state index is -0.230. The van der Waals surface area contributed by atoms with E-state index >= 15 is 0 Å². The Balaban J connectivity index is 1.48. The van der Waals surface area contributed by atoms with Gasteiger partial charge in [0.25, 0.3) is 0 Å². The Morgan fingerprint density at radius 3 is 2.52 bits per heavy atom. The van der Waals surface area contributed by atoms with E-state index in [2.05, 4.69) is 44.6 Å². The van der Waals surface area contributed by atoms with Gasteiger partial charge in [0.1, 0.15) is 11.6 Å². The van der Waals surface area contributed by atoms with Gasteiger partial charge in [0, 0.05) is 39.4 Å². The van der Waals surface area contributed by atoms with Crippen LogP contribution in [-0.4, -0.2) is 31.1 Å². The molecule has 0 atom stereocenters. The summed E-state index contributed by atoms with van der Waals surface area (Å²) in [5.41, 5.74) is 1.97. The summed E-state index contributed by atoms with van der Waals surface area (Å²) in [5.74, 6) is 2.32. The zero-order chi connectivity index (χ0) is 19.1. The molecule has 3 rings (SSSR count). The first-order chi connectivity index (χ1) is 13.1. The normalized spacial score (nSPS) is 15.7. The SMILES string of the molecule is CN=C(NCc1ccc(N2CCC(C)CC2)nc1)NCc1cccc(F)c1. The monoisotopic (exact) mass is 369 g/mol. The van der Waals surface area contributed by atoms with Crippen molar-refractivity contribution in [1.29, 1.82) is 0 Å². The minimum Gasteiger partial charge on any atom is -0.357 e. The number of aromatic nitrogens is 1. The number of pyridine rings is 1. The molecule has 0 unspecified atom stereocenters. The predicted octanol–water partition coefficient (Wildman–Crippen LogP) is 3.32. The lowest BCUT2D eigenvalue weighted by Gasteiger charge is -2.31. The number of anilines is 1. The number of halogens is 1. The fourth-order valence-corrected chi connectivity index (χ4v) is 3.19. The number of guanidine groups is 1. The van der Waals surface area contributed by atoms with Crippen LogP contribution in [-0.2, 0) is 13.1 Å². The molecule has 2 aromatic rings. The van der Waals surface area contributed by atoms with Crippen LogP contribution in [0.15, 0.2) is 47.6 Å². The maximum atomic E-state index is 13.2. The average Bonchev–Trinajstić information content (AvgIpc) is 2.69. The molecule has 144 valence electrons. The van der Waals surface area contributed by atoms with Crippen molar-refractivity contribution in [2.75, 3.05) is 25.0 Å². The summed E-state index contributed by atoms with van der Waals surface area (Å²) < 4.78 is 13.2. The Kier molecular flexibility index (Phi) is 6.63. The number of nitrogens with one attached hydrogen (secondary N) is 2. The van der Waals surface area contributed by atoms with Crippen molar-refractivity contribution in [3.05, 3.63) is 59.5 Å². The third-order valence-electron chi connectivity index (χ3n) is 4.95. The highest BCUT2D eigenvalue weighted by Crippen LogP contribution is 2.21. The number of nitrogens with zero attached hydrogens (tertiary/aromatic N) is 3. The highest BCUT2D eigenvalue weighted by atomic mass is 19.1. The Morgan fingerprint density at radius 2 is 1.89 bits per heavy atom. The first-order valence-corrected chi connectivity index (χ1v) is 9.53. The van der Waals surface area contributed by atoms with Gasteiger partial charge >= 0.3 is 0 Å². The number of aliphatic imine (C=N–C) groups is 1. The lowest BCUT2D eigenvalue weighted by atomic mass is 9.99. The molecule has 2 heterocycles. The molecule has 1 aliphatic heterocycles. The molecule has 1 saturated heterocycles. The van der Waals surface area contributed by atoms with Crippen molar-refractivity contribution in [3.8, 4) is 0 Å². The lowest BCUT2D eigenvalue weighted by Crippen LogP contribution is -2.36. The highest BCUT2D eigenvalue weighted by molar-refractivity contribution is 5.79. The van der Waals surface area contributed by atoms with Crippen molar-refractivity contribution < 1.29 is 4.39 Å². The molecule has 2 N–H and O–H groups in total. The van der Waals surface area contributed by atoms with E-state index < -0.39 is 0 Å². The van der Waals surface area contributed by atoms with Crippen molar-refractivity contribution in [2.24, 2.45) is 10.9 Å². The zero-order valence-corrected chi connectivity index (χ0v) is 16.1. The van der Waals surface area contributed by atoms with Gasteiger partial charge in [0.15, 0.2) is 5.96 Å². The van der Waals surface area contributed by atoms with E-state index in [-0.39, 0.29) is 5.82 Å². The fraction of sp³-hybridized carbons (Fsp3) is 0.429. The van der Waals surface area contributed by atoms with Crippen LogP contribution in [0, 0.1) is 11.7 Å². The van der Waals surface area contributed by atoms with Crippen LogP contribution in [0.3, 0.4) is 0 Å². The van der Waals surface area contributed by atoms with Crippen LogP contribution >= 0.6 is 0 Å². The summed E-state index contributed by atoms with van der Waals surface area (Å²) in [4.78, 5) is 11.2. The first-order valence-electron chi connectivity index (χ1n) is 9.53. The number of hydrogen-bond donors (Lipinski definition) is 2. The average molecular weight is 369 g/mol. The molecule has 0 bridgehead atoms. The van der Waals surface area contributed by atoms with Crippen molar-refractivity contribution in [3.63, 3.8) is 0 Å². The fourth-order valence-electron chi connectivity index (χ4n) is 3.19. The Labute approximate surface area is 160 Å². The summed E-state index contributed by atoms with van der Waals surface area (Å²) in [6, 6.07) is 10.7. The number of rotatable bonds is 5. The van der Waals surface area contributed by atoms with E-state index in [9.17, 15) is 4.39 Å². The lowest BCUT2D eigenvalue weighted by molar-refractivity contribution is 0.436. The van der Waals surface area contributed by atoms with Gasteiger partial charge < -0.3 is 15.5 Å². The molecule has 1 aliphatic rings. The third kappa shape index (κ3) is 5.67. The zero-order valence-electron chi connectivity index (χ0n) is 16.1. The van der Waals surface area contributed by atoms with Crippen LogP contribution in [0.4, 0.5) is 10.2 Å². The van der Waals surface area contributed by atoms with E-state index in [1.54, 1.807) is 13.1 Å².